The number of likely N-dealkylation sites (N-methyl/N-ethyl adjacent to an activating group) is 1. The van der Waals surface area contributed by atoms with Crippen LogP contribution in [0.4, 0.5) is 0 Å². The minimum Gasteiger partial charge on any atom is -0.303 e. The van der Waals surface area contributed by atoms with Gasteiger partial charge >= 0.3 is 0 Å². The number of benzene rings is 1. The molecule has 0 amide bonds. The highest BCUT2D eigenvalue weighted by Gasteiger charge is 2.31. The predicted octanol–water partition coefficient (Wildman–Crippen LogP) is 4.45. The summed E-state index contributed by atoms with van der Waals surface area (Å²) in [6.45, 7) is 2.31. The van der Waals surface area contributed by atoms with Crippen LogP contribution in [0.25, 0.3) is 0 Å². The maximum atomic E-state index is 2.41. The minimum absolute atomic E-state index is 0.338. The molecule has 114 valence electrons. The zero-order chi connectivity index (χ0) is 15.5. The van der Waals surface area contributed by atoms with Gasteiger partial charge in [-0.25, -0.2) is 0 Å². The van der Waals surface area contributed by atoms with E-state index < -0.39 is 0 Å². The molecule has 3 rings (SSSR count). The summed E-state index contributed by atoms with van der Waals surface area (Å²) < 4.78 is 0. The van der Waals surface area contributed by atoms with Crippen molar-refractivity contribution in [2.45, 2.75) is 25.0 Å². The third-order valence-electron chi connectivity index (χ3n) is 4.55. The lowest BCUT2D eigenvalue weighted by Gasteiger charge is -2.32. The van der Waals surface area contributed by atoms with Gasteiger partial charge in [-0.3, -0.25) is 0 Å². The highest BCUT2D eigenvalue weighted by atomic mass is 31.1. The smallest absolute Gasteiger partial charge is 0.0285 e. The van der Waals surface area contributed by atoms with Gasteiger partial charge in [-0.15, -0.1) is 0 Å². The number of hydrogen-bond acceptors (Lipinski definition) is 1. The Bertz CT molecular complexity index is 637. The third kappa shape index (κ3) is 3.02. The lowest BCUT2D eigenvalue weighted by atomic mass is 10.1. The van der Waals surface area contributed by atoms with Crippen LogP contribution in [0.1, 0.15) is 13.3 Å². The van der Waals surface area contributed by atoms with E-state index in [0.29, 0.717) is 11.7 Å². The summed E-state index contributed by atoms with van der Waals surface area (Å²) in [5.41, 5.74) is 2.08. The van der Waals surface area contributed by atoms with Crippen LogP contribution in [0.3, 0.4) is 0 Å². The first-order chi connectivity index (χ1) is 10.7. The molecule has 1 aromatic rings. The van der Waals surface area contributed by atoms with Gasteiger partial charge in [0.2, 0.25) is 0 Å². The molecule has 0 bridgehead atoms. The highest BCUT2D eigenvalue weighted by Crippen LogP contribution is 2.55. The molecule has 0 aromatic heterocycles. The van der Waals surface area contributed by atoms with Gasteiger partial charge in [-0.1, -0.05) is 66.8 Å². The van der Waals surface area contributed by atoms with Gasteiger partial charge in [-0.2, -0.15) is 0 Å². The predicted molar refractivity (Wildman–Crippen MR) is 99.0 cm³/mol. The summed E-state index contributed by atoms with van der Waals surface area (Å²) in [6, 6.07) is 11.5. The van der Waals surface area contributed by atoms with E-state index in [-0.39, 0.29) is 7.92 Å². The minimum atomic E-state index is -0.338. The van der Waals surface area contributed by atoms with E-state index >= 15 is 0 Å². The Balaban J connectivity index is 1.96. The molecule has 0 heterocycles. The molecule has 0 fully saturated rings. The molecule has 3 atom stereocenters. The monoisotopic (exact) mass is 309 g/mol. The van der Waals surface area contributed by atoms with Crippen molar-refractivity contribution in [3.05, 3.63) is 77.7 Å². The average molecular weight is 309 g/mol. The molecule has 0 saturated heterocycles. The average Bonchev–Trinajstić information content (AvgIpc) is 3.20. The van der Waals surface area contributed by atoms with Crippen LogP contribution in [0.2, 0.25) is 0 Å². The molecular weight excluding hydrogens is 285 g/mol. The summed E-state index contributed by atoms with van der Waals surface area (Å²) in [4.78, 5) is 2.31. The molecule has 1 nitrogen and oxygen atoms in total. The Kier molecular flexibility index (Phi) is 4.76. The molecule has 1 unspecified atom stereocenters. The lowest BCUT2D eigenvalue weighted by Crippen LogP contribution is -2.31. The Labute approximate surface area is 135 Å². The Morgan fingerprint density at radius 1 is 1.09 bits per heavy atom. The second-order valence-corrected chi connectivity index (χ2v) is 8.52. The van der Waals surface area contributed by atoms with Crippen molar-refractivity contribution in [3.8, 4) is 0 Å². The number of nitrogens with zero attached hydrogens (tertiary/aromatic N) is 1. The normalized spacial score (nSPS) is 22.8. The maximum Gasteiger partial charge on any atom is 0.0285 e. The quantitative estimate of drug-likeness (QED) is 0.726. The molecule has 0 radical (unpaired) electrons. The first-order valence-corrected chi connectivity index (χ1v) is 9.34. The van der Waals surface area contributed by atoms with Crippen molar-refractivity contribution in [3.63, 3.8) is 0 Å². The van der Waals surface area contributed by atoms with Crippen LogP contribution in [0, 0.1) is 0 Å². The first-order valence-electron chi connectivity index (χ1n) is 7.93. The van der Waals surface area contributed by atoms with Gasteiger partial charge in [0.05, 0.1) is 0 Å². The Morgan fingerprint density at radius 3 is 2.50 bits per heavy atom. The number of rotatable bonds is 5. The van der Waals surface area contributed by atoms with Crippen LogP contribution in [-0.4, -0.2) is 30.7 Å². The Morgan fingerprint density at radius 2 is 1.86 bits per heavy atom. The van der Waals surface area contributed by atoms with Crippen molar-refractivity contribution >= 4 is 13.2 Å². The van der Waals surface area contributed by atoms with Gasteiger partial charge in [0.25, 0.3) is 0 Å². The second kappa shape index (κ2) is 6.77. The van der Waals surface area contributed by atoms with E-state index in [1.54, 1.807) is 10.9 Å². The summed E-state index contributed by atoms with van der Waals surface area (Å²) in [5.74, 6) is 0. The largest absolute Gasteiger partial charge is 0.303 e. The van der Waals surface area contributed by atoms with E-state index in [0.717, 1.165) is 6.42 Å². The standard InChI is InChI=1S/C20H24NP/c1-16(21(2)3)19-14-9-15-20(19)22(18-12-7-8-13-18)17-10-5-4-6-11-17/h4-12,14-16,20H,13H2,1-3H3/t16-,20?,22+/m1/s1. The molecule has 0 saturated carbocycles. The van der Waals surface area contributed by atoms with Gasteiger partial charge in [-0.05, 0) is 51.6 Å². The number of hydrogen-bond donors (Lipinski definition) is 0. The molecule has 2 aliphatic rings. The SMILES string of the molecule is C[C@H](C1=CC=CC1[P@](C1=CC=CC1)c1ccccc1)N(C)C. The lowest BCUT2D eigenvalue weighted by molar-refractivity contribution is 0.349. The van der Waals surface area contributed by atoms with E-state index in [2.05, 4.69) is 92.7 Å². The molecule has 2 aliphatic carbocycles. The third-order valence-corrected chi connectivity index (χ3v) is 7.39. The van der Waals surface area contributed by atoms with Gasteiger partial charge in [0.15, 0.2) is 0 Å². The van der Waals surface area contributed by atoms with E-state index in [9.17, 15) is 0 Å². The van der Waals surface area contributed by atoms with Crippen LogP contribution in [0.15, 0.2) is 77.7 Å². The fourth-order valence-corrected chi connectivity index (χ4v) is 6.03. The summed E-state index contributed by atoms with van der Waals surface area (Å²) in [5, 5.41) is 3.08. The van der Waals surface area contributed by atoms with E-state index in [1.165, 1.54) is 5.30 Å². The first kappa shape index (κ1) is 15.5. The highest BCUT2D eigenvalue weighted by molar-refractivity contribution is 7.70. The maximum absolute atomic E-state index is 2.41. The molecular formula is C20H24NP. The molecule has 0 N–H and O–H groups in total. The molecule has 2 heteroatoms. The topological polar surface area (TPSA) is 3.24 Å². The summed E-state index contributed by atoms with van der Waals surface area (Å²) >= 11 is 0. The van der Waals surface area contributed by atoms with E-state index in [1.807, 2.05) is 0 Å². The molecule has 22 heavy (non-hydrogen) atoms. The van der Waals surface area contributed by atoms with Crippen molar-refractivity contribution in [2.24, 2.45) is 0 Å². The zero-order valence-electron chi connectivity index (χ0n) is 13.6. The van der Waals surface area contributed by atoms with Crippen LogP contribution < -0.4 is 5.30 Å². The molecule has 0 aliphatic heterocycles. The van der Waals surface area contributed by atoms with Crippen molar-refractivity contribution in [1.29, 1.82) is 0 Å². The van der Waals surface area contributed by atoms with Crippen LogP contribution in [-0.2, 0) is 0 Å². The zero-order valence-corrected chi connectivity index (χ0v) is 14.5. The summed E-state index contributed by atoms with van der Waals surface area (Å²) in [7, 11) is 4.00. The summed E-state index contributed by atoms with van der Waals surface area (Å²) in [6.07, 6.45) is 14.9. The van der Waals surface area contributed by atoms with Gasteiger partial charge in [0, 0.05) is 11.7 Å². The van der Waals surface area contributed by atoms with Gasteiger partial charge < -0.3 is 4.90 Å². The van der Waals surface area contributed by atoms with Gasteiger partial charge in [0.1, 0.15) is 0 Å². The molecule has 0 spiro atoms. The van der Waals surface area contributed by atoms with Crippen molar-refractivity contribution < 1.29 is 0 Å². The second-order valence-electron chi connectivity index (χ2n) is 6.13. The fourth-order valence-electron chi connectivity index (χ4n) is 3.11. The fraction of sp³-hybridized carbons (Fsp3) is 0.300. The van der Waals surface area contributed by atoms with Crippen molar-refractivity contribution in [2.75, 3.05) is 14.1 Å². The van der Waals surface area contributed by atoms with Crippen LogP contribution in [0.5, 0.6) is 0 Å². The number of allylic oxidation sites excluding steroid dienone is 7. The van der Waals surface area contributed by atoms with Crippen molar-refractivity contribution in [1.82, 2.24) is 4.90 Å². The van der Waals surface area contributed by atoms with Crippen LogP contribution >= 0.6 is 7.92 Å². The van der Waals surface area contributed by atoms with E-state index in [4.69, 9.17) is 0 Å². The molecule has 1 aromatic carbocycles. The Hall–Kier alpha value is -1.43.